The fourth-order valence-electron chi connectivity index (χ4n) is 4.60. The molecule has 0 saturated heterocycles. The van der Waals surface area contributed by atoms with Crippen LogP contribution in [0.1, 0.15) is 28.4 Å². The summed E-state index contributed by atoms with van der Waals surface area (Å²) in [6.45, 7) is 1.14. The zero-order valence-electron chi connectivity index (χ0n) is 18.6. The van der Waals surface area contributed by atoms with Crippen LogP contribution in [0, 0.1) is 5.82 Å². The molecule has 2 aliphatic rings. The minimum absolute atomic E-state index is 0.185. The largest absolute Gasteiger partial charge is 0.454 e. The van der Waals surface area contributed by atoms with E-state index in [0.717, 1.165) is 46.7 Å². The van der Waals surface area contributed by atoms with Gasteiger partial charge < -0.3 is 24.0 Å². The van der Waals surface area contributed by atoms with E-state index in [1.54, 1.807) is 12.1 Å². The van der Waals surface area contributed by atoms with Crippen LogP contribution in [0.5, 0.6) is 11.5 Å². The minimum atomic E-state index is -0.564. The Morgan fingerprint density at radius 3 is 2.83 bits per heavy atom. The van der Waals surface area contributed by atoms with Gasteiger partial charge in [-0.2, -0.15) is 0 Å². The second kappa shape index (κ2) is 9.16. The fraction of sp³-hybridized carbons (Fsp3) is 0.192. The van der Waals surface area contributed by atoms with Crippen molar-refractivity contribution >= 4 is 29.2 Å². The summed E-state index contributed by atoms with van der Waals surface area (Å²) in [7, 11) is 0. The standard InChI is InChI=1S/C26H22FN3O4S/c27-18-8-5-16(6-9-18)14-28-26(31)34-35-30-12-11-20-19-3-1-2-4-21(19)29-24(20)25(30)17-7-10-22-23(13-17)33-15-32-22/h1-10,13,25,29H,11-12,14-15H2,(H,28,31)/t25-/m1/s1. The molecule has 6 rings (SSSR count). The van der Waals surface area contributed by atoms with Crippen LogP contribution in [0.4, 0.5) is 9.18 Å². The number of para-hydroxylation sites is 1. The zero-order valence-corrected chi connectivity index (χ0v) is 19.4. The SMILES string of the molecule is O=C(NCc1ccc(F)cc1)OSN1CCc2c([nH]c3ccccc23)[C@H]1c1ccc2c(c1)OCO2. The summed E-state index contributed by atoms with van der Waals surface area (Å²) >= 11 is 1.02. The van der Waals surface area contributed by atoms with Crippen molar-refractivity contribution in [1.29, 1.82) is 0 Å². The molecule has 35 heavy (non-hydrogen) atoms. The highest BCUT2D eigenvalue weighted by Crippen LogP contribution is 2.44. The molecule has 1 atom stereocenters. The smallest absolute Gasteiger partial charge is 0.420 e. The number of amides is 1. The van der Waals surface area contributed by atoms with Crippen molar-refractivity contribution in [2.24, 2.45) is 0 Å². The summed E-state index contributed by atoms with van der Waals surface area (Å²) < 4.78 is 31.8. The molecule has 0 radical (unpaired) electrons. The zero-order chi connectivity index (χ0) is 23.8. The number of aromatic amines is 1. The van der Waals surface area contributed by atoms with Gasteiger partial charge >= 0.3 is 6.09 Å². The van der Waals surface area contributed by atoms with Gasteiger partial charge in [0.25, 0.3) is 0 Å². The Kier molecular flexibility index (Phi) is 5.71. The maximum atomic E-state index is 13.1. The summed E-state index contributed by atoms with van der Waals surface area (Å²) in [5, 5.41) is 3.92. The Bertz CT molecular complexity index is 1390. The van der Waals surface area contributed by atoms with Crippen molar-refractivity contribution in [2.45, 2.75) is 19.0 Å². The molecule has 9 heteroatoms. The van der Waals surface area contributed by atoms with Crippen molar-refractivity contribution in [1.82, 2.24) is 14.6 Å². The molecule has 4 aromatic rings. The second-order valence-electron chi connectivity index (χ2n) is 8.39. The number of carbonyl (C=O) groups is 1. The predicted molar refractivity (Wildman–Crippen MR) is 130 cm³/mol. The van der Waals surface area contributed by atoms with Gasteiger partial charge in [-0.1, -0.05) is 36.4 Å². The van der Waals surface area contributed by atoms with E-state index in [2.05, 4.69) is 22.4 Å². The first kappa shape index (κ1) is 21.8. The van der Waals surface area contributed by atoms with Crippen LogP contribution in [0.15, 0.2) is 66.7 Å². The molecule has 0 unspecified atom stereocenters. The van der Waals surface area contributed by atoms with Crippen molar-refractivity contribution in [2.75, 3.05) is 13.3 Å². The Hall–Kier alpha value is -3.69. The van der Waals surface area contributed by atoms with Gasteiger partial charge in [-0.15, -0.1) is 0 Å². The van der Waals surface area contributed by atoms with Gasteiger partial charge in [0.15, 0.2) is 23.7 Å². The molecule has 1 aromatic heterocycles. The average molecular weight is 492 g/mol. The van der Waals surface area contributed by atoms with E-state index in [1.807, 2.05) is 34.6 Å². The number of carbonyl (C=O) groups excluding carboxylic acids is 1. The summed E-state index contributed by atoms with van der Waals surface area (Å²) in [5.74, 6) is 1.11. The normalized spacial score (nSPS) is 16.8. The number of benzene rings is 3. The van der Waals surface area contributed by atoms with E-state index >= 15 is 0 Å². The number of halogens is 1. The van der Waals surface area contributed by atoms with Crippen molar-refractivity contribution in [3.05, 3.63) is 94.9 Å². The summed E-state index contributed by atoms with van der Waals surface area (Å²) in [5.41, 5.74) is 5.20. The van der Waals surface area contributed by atoms with E-state index in [0.29, 0.717) is 12.3 Å². The molecular formula is C26H22FN3O4S. The maximum absolute atomic E-state index is 13.1. The summed E-state index contributed by atoms with van der Waals surface area (Å²) in [4.78, 5) is 16.0. The number of aromatic nitrogens is 1. The lowest BCUT2D eigenvalue weighted by Gasteiger charge is -2.33. The third-order valence-corrected chi connectivity index (χ3v) is 7.07. The van der Waals surface area contributed by atoms with Gasteiger partial charge in [0.2, 0.25) is 6.79 Å². The number of ether oxygens (including phenoxy) is 2. The van der Waals surface area contributed by atoms with Crippen LogP contribution in [0.3, 0.4) is 0 Å². The van der Waals surface area contributed by atoms with E-state index in [-0.39, 0.29) is 25.2 Å². The predicted octanol–water partition coefficient (Wildman–Crippen LogP) is 5.47. The van der Waals surface area contributed by atoms with Crippen LogP contribution in [0.2, 0.25) is 0 Å². The monoisotopic (exact) mass is 491 g/mol. The van der Waals surface area contributed by atoms with E-state index in [4.69, 9.17) is 13.7 Å². The van der Waals surface area contributed by atoms with Crippen molar-refractivity contribution < 1.29 is 22.8 Å². The Balaban J connectivity index is 1.24. The molecule has 1 amide bonds. The molecule has 2 aliphatic heterocycles. The number of rotatable bonds is 5. The van der Waals surface area contributed by atoms with Crippen LogP contribution in [0.25, 0.3) is 10.9 Å². The van der Waals surface area contributed by atoms with Gasteiger partial charge in [-0.3, -0.25) is 0 Å². The lowest BCUT2D eigenvalue weighted by Crippen LogP contribution is -2.32. The molecule has 2 N–H and O–H groups in total. The third kappa shape index (κ3) is 4.28. The highest BCUT2D eigenvalue weighted by atomic mass is 32.2. The van der Waals surface area contributed by atoms with E-state index in [9.17, 15) is 9.18 Å². The average Bonchev–Trinajstić information content (AvgIpc) is 3.50. The molecule has 0 spiro atoms. The van der Waals surface area contributed by atoms with Gasteiger partial charge in [0.1, 0.15) is 5.82 Å². The second-order valence-corrected chi connectivity index (χ2v) is 9.18. The molecule has 3 aromatic carbocycles. The number of H-pyrrole nitrogens is 1. The first-order valence-electron chi connectivity index (χ1n) is 11.3. The van der Waals surface area contributed by atoms with Crippen LogP contribution in [-0.2, 0) is 17.1 Å². The summed E-state index contributed by atoms with van der Waals surface area (Å²) in [6.07, 6.45) is 0.250. The molecular weight excluding hydrogens is 469 g/mol. The molecule has 0 saturated carbocycles. The van der Waals surface area contributed by atoms with E-state index in [1.165, 1.54) is 23.1 Å². The van der Waals surface area contributed by atoms with Crippen LogP contribution >= 0.6 is 12.2 Å². The van der Waals surface area contributed by atoms with Crippen LogP contribution < -0.4 is 14.8 Å². The van der Waals surface area contributed by atoms with Gasteiger partial charge in [-0.05, 0) is 53.4 Å². The van der Waals surface area contributed by atoms with Crippen molar-refractivity contribution in [3.63, 3.8) is 0 Å². The molecule has 0 aliphatic carbocycles. The first-order chi connectivity index (χ1) is 17.2. The summed E-state index contributed by atoms with van der Waals surface area (Å²) in [6, 6.07) is 20.0. The van der Waals surface area contributed by atoms with Gasteiger partial charge in [-0.25, -0.2) is 13.5 Å². The Morgan fingerprint density at radius 1 is 1.11 bits per heavy atom. The maximum Gasteiger partial charge on any atom is 0.420 e. The first-order valence-corrected chi connectivity index (χ1v) is 12.0. The van der Waals surface area contributed by atoms with Crippen LogP contribution in [-0.4, -0.2) is 28.7 Å². The number of hydrogen-bond donors (Lipinski definition) is 2. The quantitative estimate of drug-likeness (QED) is 0.285. The number of fused-ring (bicyclic) bond motifs is 4. The highest BCUT2D eigenvalue weighted by molar-refractivity contribution is 7.92. The lowest BCUT2D eigenvalue weighted by atomic mass is 9.94. The number of nitrogens with one attached hydrogen (secondary N) is 2. The van der Waals surface area contributed by atoms with Crippen molar-refractivity contribution in [3.8, 4) is 11.5 Å². The number of nitrogens with zero attached hydrogens (tertiary/aromatic N) is 1. The van der Waals surface area contributed by atoms with Gasteiger partial charge in [0, 0.05) is 29.7 Å². The molecule has 178 valence electrons. The highest BCUT2D eigenvalue weighted by Gasteiger charge is 2.34. The molecule has 7 nitrogen and oxygen atoms in total. The molecule has 0 bridgehead atoms. The Morgan fingerprint density at radius 2 is 1.94 bits per heavy atom. The molecule has 0 fully saturated rings. The topological polar surface area (TPSA) is 75.8 Å². The molecule has 3 heterocycles. The Labute approximate surface area is 205 Å². The number of hydrogen-bond acceptors (Lipinski definition) is 6. The fourth-order valence-corrected chi connectivity index (χ4v) is 5.30. The minimum Gasteiger partial charge on any atom is -0.454 e. The lowest BCUT2D eigenvalue weighted by molar-refractivity contribution is 0.174. The third-order valence-electron chi connectivity index (χ3n) is 6.26. The van der Waals surface area contributed by atoms with E-state index < -0.39 is 6.09 Å². The van der Waals surface area contributed by atoms with Gasteiger partial charge in [0.05, 0.1) is 6.04 Å².